The van der Waals surface area contributed by atoms with Crippen LogP contribution in [-0.2, 0) is 33.2 Å². The molecule has 3 saturated heterocycles. The first-order valence-corrected chi connectivity index (χ1v) is 30.2. The maximum Gasteiger partial charge on any atom is 0.220 e. The summed E-state index contributed by atoms with van der Waals surface area (Å²) in [5, 5.41) is 120. The molecular formula is C61H105NO18. The summed E-state index contributed by atoms with van der Waals surface area (Å²) in [6.45, 7) is 1.55. The van der Waals surface area contributed by atoms with Gasteiger partial charge in [-0.1, -0.05) is 170 Å². The lowest BCUT2D eigenvalue weighted by Crippen LogP contribution is -2.66. The number of ether oxygens (including phenoxy) is 6. The first kappa shape index (κ1) is 71.5. The Labute approximate surface area is 477 Å². The Morgan fingerprint density at radius 2 is 0.875 bits per heavy atom. The van der Waals surface area contributed by atoms with E-state index in [1.165, 1.54) is 64.2 Å². The normalized spacial score (nSPS) is 30.5. The zero-order valence-electron chi connectivity index (χ0n) is 48.0. The van der Waals surface area contributed by atoms with Gasteiger partial charge in [0.15, 0.2) is 18.9 Å². The van der Waals surface area contributed by atoms with Gasteiger partial charge >= 0.3 is 0 Å². The van der Waals surface area contributed by atoms with Gasteiger partial charge in [-0.2, -0.15) is 0 Å². The number of nitrogens with one attached hydrogen (secondary N) is 1. The highest BCUT2D eigenvalue weighted by Crippen LogP contribution is 2.33. The van der Waals surface area contributed by atoms with Crippen molar-refractivity contribution in [1.29, 1.82) is 0 Å². The molecule has 1 amide bonds. The molecule has 0 saturated carbocycles. The molecule has 3 aliphatic heterocycles. The molecule has 0 aromatic heterocycles. The van der Waals surface area contributed by atoms with Crippen molar-refractivity contribution < 1.29 is 89.4 Å². The SMILES string of the molecule is CC/C=C\C/C=C\C/C=C\C/C=C\CCCCCCCCCCC(=O)NC(COC1OC(CO)C(OC2OC(CO)C(OC3OC(CO)C(O)C(O)C3O)C(O)C2O)C(O)C1O)C(O)/C=C/CC/C=C/CCCCCCCCCC. The number of allylic oxidation sites excluding steroid dienone is 11. The number of unbranched alkanes of at least 4 members (excludes halogenated alkanes) is 17. The summed E-state index contributed by atoms with van der Waals surface area (Å²) < 4.78 is 34.2. The summed E-state index contributed by atoms with van der Waals surface area (Å²) in [5.74, 6) is -0.298. The van der Waals surface area contributed by atoms with Crippen LogP contribution in [0, 0.1) is 0 Å². The van der Waals surface area contributed by atoms with Crippen LogP contribution < -0.4 is 5.32 Å². The third-order valence-electron chi connectivity index (χ3n) is 14.7. The maximum absolute atomic E-state index is 13.3. The largest absolute Gasteiger partial charge is 0.394 e. The molecule has 3 fully saturated rings. The number of carbonyl (C=O) groups excluding carboxylic acids is 1. The number of carbonyl (C=O) groups is 1. The summed E-state index contributed by atoms with van der Waals surface area (Å²) in [6.07, 6.45) is 24.5. The van der Waals surface area contributed by atoms with Crippen molar-refractivity contribution in [3.63, 3.8) is 0 Å². The van der Waals surface area contributed by atoms with Gasteiger partial charge in [0.1, 0.15) is 73.2 Å². The lowest BCUT2D eigenvalue weighted by molar-refractivity contribution is -0.379. The van der Waals surface area contributed by atoms with Gasteiger partial charge in [0.05, 0.1) is 38.6 Å². The third kappa shape index (κ3) is 27.3. The molecule has 0 spiro atoms. The number of aliphatic hydroxyl groups is 11. The first-order valence-electron chi connectivity index (χ1n) is 30.2. The minimum Gasteiger partial charge on any atom is -0.394 e. The van der Waals surface area contributed by atoms with Crippen LogP contribution in [0.4, 0.5) is 0 Å². The second kappa shape index (κ2) is 43.8. The molecule has 19 nitrogen and oxygen atoms in total. The van der Waals surface area contributed by atoms with Gasteiger partial charge < -0.3 is 89.9 Å². The van der Waals surface area contributed by atoms with Crippen LogP contribution in [0.15, 0.2) is 72.9 Å². The van der Waals surface area contributed by atoms with Crippen LogP contribution in [0.2, 0.25) is 0 Å². The Hall–Kier alpha value is -2.77. The van der Waals surface area contributed by atoms with Gasteiger partial charge in [0.2, 0.25) is 5.91 Å². The van der Waals surface area contributed by atoms with Crippen LogP contribution in [0.25, 0.3) is 0 Å². The average Bonchev–Trinajstić information content (AvgIpc) is 3.45. The molecule has 80 heavy (non-hydrogen) atoms. The van der Waals surface area contributed by atoms with Crippen molar-refractivity contribution in [3.05, 3.63) is 72.9 Å². The van der Waals surface area contributed by atoms with Crippen molar-refractivity contribution in [2.24, 2.45) is 0 Å². The lowest BCUT2D eigenvalue weighted by Gasteiger charge is -2.48. The maximum atomic E-state index is 13.3. The molecule has 3 aliphatic rings. The van der Waals surface area contributed by atoms with E-state index in [0.717, 1.165) is 77.0 Å². The molecule has 17 unspecified atom stereocenters. The van der Waals surface area contributed by atoms with Crippen LogP contribution in [-0.4, -0.2) is 193 Å². The highest BCUT2D eigenvalue weighted by atomic mass is 16.8. The quantitative estimate of drug-likeness (QED) is 0.0268. The molecule has 3 rings (SSSR count). The van der Waals surface area contributed by atoms with Crippen LogP contribution in [0.1, 0.15) is 174 Å². The van der Waals surface area contributed by atoms with Crippen LogP contribution in [0.5, 0.6) is 0 Å². The molecule has 462 valence electrons. The molecule has 3 heterocycles. The van der Waals surface area contributed by atoms with Crippen molar-refractivity contribution in [2.75, 3.05) is 26.4 Å². The van der Waals surface area contributed by atoms with E-state index >= 15 is 0 Å². The predicted molar refractivity (Wildman–Crippen MR) is 305 cm³/mol. The minimum absolute atomic E-state index is 0.222. The van der Waals surface area contributed by atoms with Gasteiger partial charge in [0.25, 0.3) is 0 Å². The van der Waals surface area contributed by atoms with E-state index in [1.54, 1.807) is 6.08 Å². The van der Waals surface area contributed by atoms with E-state index in [-0.39, 0.29) is 18.9 Å². The van der Waals surface area contributed by atoms with Gasteiger partial charge in [-0.3, -0.25) is 4.79 Å². The third-order valence-corrected chi connectivity index (χ3v) is 14.7. The van der Waals surface area contributed by atoms with E-state index in [2.05, 4.69) is 79.9 Å². The number of rotatable bonds is 43. The Morgan fingerprint density at radius 3 is 1.40 bits per heavy atom. The molecule has 17 atom stereocenters. The Bertz CT molecular complexity index is 1740. The summed E-state index contributed by atoms with van der Waals surface area (Å²) in [4.78, 5) is 13.3. The minimum atomic E-state index is -1.98. The zero-order chi connectivity index (χ0) is 58.3. The summed E-state index contributed by atoms with van der Waals surface area (Å²) >= 11 is 0. The fraction of sp³-hybridized carbons (Fsp3) is 0.787. The average molecular weight is 1140 g/mol. The fourth-order valence-corrected chi connectivity index (χ4v) is 9.78. The molecule has 0 radical (unpaired) electrons. The Morgan fingerprint density at radius 1 is 0.463 bits per heavy atom. The van der Waals surface area contributed by atoms with Crippen molar-refractivity contribution in [2.45, 2.75) is 279 Å². The van der Waals surface area contributed by atoms with Gasteiger partial charge in [-0.15, -0.1) is 0 Å². The molecule has 12 N–H and O–H groups in total. The highest BCUT2D eigenvalue weighted by molar-refractivity contribution is 5.76. The monoisotopic (exact) mass is 1140 g/mol. The second-order valence-corrected chi connectivity index (χ2v) is 21.4. The number of amides is 1. The second-order valence-electron chi connectivity index (χ2n) is 21.4. The smallest absolute Gasteiger partial charge is 0.220 e. The Kier molecular flexibility index (Phi) is 39.2. The van der Waals surface area contributed by atoms with Crippen molar-refractivity contribution >= 4 is 5.91 Å². The molecular weight excluding hydrogens is 1030 g/mol. The summed E-state index contributed by atoms with van der Waals surface area (Å²) in [5.41, 5.74) is 0. The standard InChI is InChI=1S/C61H105NO18/c1-3-5-7-9-11-13-15-17-19-20-21-22-23-24-25-27-29-31-33-35-37-39-49(67)62-44(45(66)38-36-34-32-30-28-26-18-16-14-12-10-8-6-4-2)43-75-59-55(73)52(70)57(47(41-64)77-59)80-61-56(74)53(71)58(48(42-65)78-61)79-60-54(72)51(69)50(68)46(40-63)76-60/h5,7,11,13,17,19,21-22,28,30,36,38,44-48,50-61,63-66,68-74H,3-4,6,8-10,12,14-16,18,20,23-27,29,31-35,37,39-43H2,1-2H3,(H,62,67)/b7-5-,13-11-,19-17-,22-21-,30-28+,38-36+. The fourth-order valence-electron chi connectivity index (χ4n) is 9.78. The van der Waals surface area contributed by atoms with E-state index in [0.29, 0.717) is 12.8 Å². The molecule has 0 aliphatic carbocycles. The van der Waals surface area contributed by atoms with E-state index in [9.17, 15) is 61.0 Å². The topological polar surface area (TPSA) is 307 Å². The molecule has 0 bridgehead atoms. The van der Waals surface area contributed by atoms with Gasteiger partial charge in [0, 0.05) is 6.42 Å². The van der Waals surface area contributed by atoms with E-state index in [1.807, 2.05) is 6.08 Å². The number of aliphatic hydroxyl groups excluding tert-OH is 11. The van der Waals surface area contributed by atoms with Gasteiger partial charge in [-0.25, -0.2) is 0 Å². The highest BCUT2D eigenvalue weighted by Gasteiger charge is 2.53. The van der Waals surface area contributed by atoms with Crippen LogP contribution in [0.3, 0.4) is 0 Å². The lowest BCUT2D eigenvalue weighted by atomic mass is 9.96. The number of hydrogen-bond acceptors (Lipinski definition) is 18. The van der Waals surface area contributed by atoms with E-state index < -0.39 is 124 Å². The predicted octanol–water partition coefficient (Wildman–Crippen LogP) is 5.43. The van der Waals surface area contributed by atoms with Crippen molar-refractivity contribution in [1.82, 2.24) is 5.32 Å². The van der Waals surface area contributed by atoms with Crippen molar-refractivity contribution in [3.8, 4) is 0 Å². The van der Waals surface area contributed by atoms with Crippen LogP contribution >= 0.6 is 0 Å². The van der Waals surface area contributed by atoms with Gasteiger partial charge in [-0.05, 0) is 70.6 Å². The molecule has 0 aromatic rings. The zero-order valence-corrected chi connectivity index (χ0v) is 48.0. The first-order chi connectivity index (χ1) is 38.8. The summed E-state index contributed by atoms with van der Waals surface area (Å²) in [7, 11) is 0. The molecule has 0 aromatic carbocycles. The number of hydrogen-bond donors (Lipinski definition) is 12. The van der Waals surface area contributed by atoms with E-state index in [4.69, 9.17) is 28.4 Å². The Balaban J connectivity index is 1.50. The summed E-state index contributed by atoms with van der Waals surface area (Å²) in [6, 6.07) is -0.997. The molecule has 19 heteroatoms.